The summed E-state index contributed by atoms with van der Waals surface area (Å²) >= 11 is 2.38. The highest BCUT2D eigenvalue weighted by Gasteiger charge is 2.37. The Kier molecular flexibility index (Phi) is 3.52. The van der Waals surface area contributed by atoms with Crippen LogP contribution in [0, 0.1) is 5.92 Å². The van der Waals surface area contributed by atoms with E-state index in [1.807, 2.05) is 30.0 Å². The highest BCUT2D eigenvalue weighted by molar-refractivity contribution is 14.1. The quantitative estimate of drug-likeness (QED) is 0.603. The second kappa shape index (κ2) is 4.73. The van der Waals surface area contributed by atoms with Crippen LogP contribution in [0.15, 0.2) is 30.3 Å². The van der Waals surface area contributed by atoms with Gasteiger partial charge in [0.05, 0.1) is 6.04 Å². The molecule has 1 fully saturated rings. The molecular weight excluding hydrogens is 313 g/mol. The number of likely N-dealkylation sites (tertiary alicyclic amines) is 1. The van der Waals surface area contributed by atoms with Gasteiger partial charge in [0, 0.05) is 16.4 Å². The molecule has 2 unspecified atom stereocenters. The molecule has 1 aromatic carbocycles. The number of carbonyl (C=O) groups is 1. The molecule has 1 saturated heterocycles. The van der Waals surface area contributed by atoms with Crippen LogP contribution in [-0.4, -0.2) is 21.3 Å². The van der Waals surface area contributed by atoms with Gasteiger partial charge in [-0.3, -0.25) is 4.79 Å². The van der Waals surface area contributed by atoms with Crippen LogP contribution in [0.1, 0.15) is 25.5 Å². The molecule has 16 heavy (non-hydrogen) atoms. The predicted molar refractivity (Wildman–Crippen MR) is 73.5 cm³/mol. The maximum atomic E-state index is 12.1. The number of rotatable bonds is 2. The maximum absolute atomic E-state index is 12.1. The fourth-order valence-electron chi connectivity index (χ4n) is 2.11. The number of hydrogen-bond acceptors (Lipinski definition) is 1. The van der Waals surface area contributed by atoms with Gasteiger partial charge in [0.1, 0.15) is 0 Å². The average molecular weight is 329 g/mol. The Morgan fingerprint density at radius 1 is 1.38 bits per heavy atom. The minimum Gasteiger partial charge on any atom is -0.335 e. The van der Waals surface area contributed by atoms with Crippen molar-refractivity contribution in [2.24, 2.45) is 5.92 Å². The summed E-state index contributed by atoms with van der Waals surface area (Å²) in [4.78, 5) is 14.0. The lowest BCUT2D eigenvalue weighted by Crippen LogP contribution is -2.29. The number of hydrogen-bond donors (Lipinski definition) is 0. The third-order valence-electron chi connectivity index (χ3n) is 3.34. The van der Waals surface area contributed by atoms with Crippen LogP contribution < -0.4 is 0 Å². The van der Waals surface area contributed by atoms with Gasteiger partial charge < -0.3 is 4.90 Å². The summed E-state index contributed by atoms with van der Waals surface area (Å²) in [5.74, 6) is 0.447. The lowest BCUT2D eigenvalue weighted by molar-refractivity contribution is -0.132. The molecule has 0 N–H and O–H groups in total. The zero-order chi connectivity index (χ0) is 11.7. The predicted octanol–water partition coefficient (Wildman–Crippen LogP) is 3.03. The molecular formula is C13H16INO. The summed E-state index contributed by atoms with van der Waals surface area (Å²) in [6.07, 6.45) is 0. The van der Waals surface area contributed by atoms with E-state index >= 15 is 0 Å². The van der Waals surface area contributed by atoms with E-state index in [0.29, 0.717) is 3.92 Å². The van der Waals surface area contributed by atoms with Crippen LogP contribution in [0.3, 0.4) is 0 Å². The standard InChI is InChI=1S/C13H16INO/c1-9-12(14)8-15(13(9)16)10(2)11-6-4-3-5-7-11/h3-7,9-10,12H,8H2,1-2H3/t9?,10-,12?/m0/s1. The Morgan fingerprint density at radius 2 is 2.00 bits per heavy atom. The summed E-state index contributed by atoms with van der Waals surface area (Å²) in [5.41, 5.74) is 1.22. The maximum Gasteiger partial charge on any atom is 0.227 e. The molecule has 0 radical (unpaired) electrons. The molecule has 0 bridgehead atoms. The molecule has 2 rings (SSSR count). The third kappa shape index (κ3) is 2.10. The molecule has 3 atom stereocenters. The van der Waals surface area contributed by atoms with E-state index in [4.69, 9.17) is 0 Å². The first-order valence-corrected chi connectivity index (χ1v) is 6.85. The largest absolute Gasteiger partial charge is 0.335 e. The highest BCUT2D eigenvalue weighted by Crippen LogP contribution is 2.31. The summed E-state index contributed by atoms with van der Waals surface area (Å²) in [6, 6.07) is 10.4. The molecule has 0 aliphatic carbocycles. The fourth-order valence-corrected chi connectivity index (χ4v) is 2.84. The first kappa shape index (κ1) is 11.9. The van der Waals surface area contributed by atoms with Crippen molar-refractivity contribution in [1.82, 2.24) is 4.90 Å². The van der Waals surface area contributed by atoms with Crippen LogP contribution >= 0.6 is 22.6 Å². The van der Waals surface area contributed by atoms with Gasteiger partial charge in [-0.15, -0.1) is 0 Å². The van der Waals surface area contributed by atoms with Gasteiger partial charge >= 0.3 is 0 Å². The Hall–Kier alpha value is -0.580. The van der Waals surface area contributed by atoms with Gasteiger partial charge in [0.25, 0.3) is 0 Å². The molecule has 1 aliphatic rings. The summed E-state index contributed by atoms with van der Waals surface area (Å²) in [6.45, 7) is 5.00. The molecule has 0 spiro atoms. The van der Waals surface area contributed by atoms with E-state index in [1.165, 1.54) is 5.56 Å². The molecule has 1 aliphatic heterocycles. The van der Waals surface area contributed by atoms with Crippen molar-refractivity contribution >= 4 is 28.5 Å². The monoisotopic (exact) mass is 329 g/mol. The van der Waals surface area contributed by atoms with Crippen molar-refractivity contribution in [2.45, 2.75) is 23.8 Å². The first-order chi connectivity index (χ1) is 7.61. The van der Waals surface area contributed by atoms with Crippen molar-refractivity contribution in [1.29, 1.82) is 0 Å². The van der Waals surface area contributed by atoms with Crippen molar-refractivity contribution in [3.63, 3.8) is 0 Å². The van der Waals surface area contributed by atoms with Crippen LogP contribution in [0.25, 0.3) is 0 Å². The number of nitrogens with zero attached hydrogens (tertiary/aromatic N) is 1. The molecule has 1 aromatic rings. The number of amides is 1. The molecule has 3 heteroatoms. The van der Waals surface area contributed by atoms with Gasteiger partial charge in [-0.05, 0) is 12.5 Å². The lowest BCUT2D eigenvalue weighted by atomic mass is 10.1. The second-order valence-corrected chi connectivity index (χ2v) is 5.98. The van der Waals surface area contributed by atoms with Crippen LogP contribution in [-0.2, 0) is 4.79 Å². The van der Waals surface area contributed by atoms with Crippen LogP contribution in [0.2, 0.25) is 0 Å². The molecule has 0 aromatic heterocycles. The normalized spacial score (nSPS) is 27.2. The van der Waals surface area contributed by atoms with E-state index in [0.717, 1.165) is 6.54 Å². The molecule has 86 valence electrons. The van der Waals surface area contributed by atoms with Gasteiger partial charge in [-0.1, -0.05) is 59.8 Å². The van der Waals surface area contributed by atoms with Gasteiger partial charge in [-0.25, -0.2) is 0 Å². The van der Waals surface area contributed by atoms with Gasteiger partial charge in [0.15, 0.2) is 0 Å². The van der Waals surface area contributed by atoms with E-state index in [-0.39, 0.29) is 17.9 Å². The summed E-state index contributed by atoms with van der Waals surface area (Å²) in [5, 5.41) is 0. The highest BCUT2D eigenvalue weighted by atomic mass is 127. The van der Waals surface area contributed by atoms with Crippen LogP contribution in [0.5, 0.6) is 0 Å². The first-order valence-electron chi connectivity index (χ1n) is 5.60. The topological polar surface area (TPSA) is 20.3 Å². The van der Waals surface area contributed by atoms with Crippen LogP contribution in [0.4, 0.5) is 0 Å². The van der Waals surface area contributed by atoms with E-state index in [9.17, 15) is 4.79 Å². The van der Waals surface area contributed by atoms with Crippen molar-refractivity contribution < 1.29 is 4.79 Å². The molecule has 1 amide bonds. The molecule has 1 heterocycles. The molecule has 0 saturated carbocycles. The summed E-state index contributed by atoms with van der Waals surface area (Å²) in [7, 11) is 0. The van der Waals surface area contributed by atoms with E-state index in [2.05, 4.69) is 41.6 Å². The average Bonchev–Trinajstić information content (AvgIpc) is 2.57. The Bertz CT molecular complexity index is 379. The number of benzene rings is 1. The van der Waals surface area contributed by atoms with Crippen molar-refractivity contribution in [3.05, 3.63) is 35.9 Å². The zero-order valence-electron chi connectivity index (χ0n) is 9.56. The Labute approximate surface area is 110 Å². The number of alkyl halides is 1. The third-order valence-corrected chi connectivity index (χ3v) is 4.81. The minimum absolute atomic E-state index is 0.159. The smallest absolute Gasteiger partial charge is 0.227 e. The van der Waals surface area contributed by atoms with Gasteiger partial charge in [0.2, 0.25) is 5.91 Å². The Morgan fingerprint density at radius 3 is 2.50 bits per heavy atom. The van der Waals surface area contributed by atoms with E-state index < -0.39 is 0 Å². The van der Waals surface area contributed by atoms with Gasteiger partial charge in [-0.2, -0.15) is 0 Å². The SMILES string of the molecule is CC1C(=O)N([C@@H](C)c2ccccc2)CC1I. The second-order valence-electron chi connectivity index (χ2n) is 4.38. The van der Waals surface area contributed by atoms with Crippen molar-refractivity contribution in [2.75, 3.05) is 6.54 Å². The minimum atomic E-state index is 0.159. The Balaban J connectivity index is 2.18. The number of halogens is 1. The number of carbonyl (C=O) groups excluding carboxylic acids is 1. The summed E-state index contributed by atoms with van der Waals surface area (Å²) < 4.78 is 0.441. The zero-order valence-corrected chi connectivity index (χ0v) is 11.7. The molecule has 2 nitrogen and oxygen atoms in total. The van der Waals surface area contributed by atoms with Crippen molar-refractivity contribution in [3.8, 4) is 0 Å². The fraction of sp³-hybridized carbons (Fsp3) is 0.462. The van der Waals surface area contributed by atoms with E-state index in [1.54, 1.807) is 0 Å². The lowest BCUT2D eigenvalue weighted by Gasteiger charge is -2.25.